The Kier molecular flexibility index (Phi) is 2.47. The molecule has 66 valence electrons. The molecule has 1 nitrogen and oxygen atoms in total. The van der Waals surface area contributed by atoms with Crippen LogP contribution in [0.2, 0.25) is 0 Å². The highest BCUT2D eigenvalue weighted by Crippen LogP contribution is 2.29. The van der Waals surface area contributed by atoms with Gasteiger partial charge in [0.25, 0.3) is 5.92 Å². The van der Waals surface area contributed by atoms with Gasteiger partial charge in [-0.05, 0) is 5.92 Å². The molecule has 1 aliphatic heterocycles. The Labute approximate surface area is 66.2 Å². The predicted molar refractivity (Wildman–Crippen MR) is 40.8 cm³/mol. The average Bonchev–Trinajstić information content (AvgIpc) is 1.85. The lowest BCUT2D eigenvalue weighted by atomic mass is 9.93. The summed E-state index contributed by atoms with van der Waals surface area (Å²) in [7, 11) is 0. The van der Waals surface area contributed by atoms with Crippen LogP contribution in [0.1, 0.15) is 26.7 Å². The topological polar surface area (TPSA) is 12.0 Å². The van der Waals surface area contributed by atoms with Crippen LogP contribution in [0.25, 0.3) is 0 Å². The first-order valence-electron chi connectivity index (χ1n) is 4.12. The molecular formula is C8H15F2N. The van der Waals surface area contributed by atoms with E-state index in [2.05, 4.69) is 5.32 Å². The van der Waals surface area contributed by atoms with E-state index in [4.69, 9.17) is 0 Å². The molecule has 0 aromatic heterocycles. The molecule has 0 aromatic carbocycles. The van der Waals surface area contributed by atoms with E-state index in [9.17, 15) is 8.78 Å². The third-order valence-electron chi connectivity index (χ3n) is 2.22. The van der Waals surface area contributed by atoms with Crippen LogP contribution in [-0.4, -0.2) is 18.5 Å². The number of rotatable bonds is 1. The summed E-state index contributed by atoms with van der Waals surface area (Å²) in [4.78, 5) is 0. The number of piperidine rings is 1. The highest BCUT2D eigenvalue weighted by Gasteiger charge is 2.36. The third-order valence-corrected chi connectivity index (χ3v) is 2.22. The van der Waals surface area contributed by atoms with Crippen LogP contribution in [0.3, 0.4) is 0 Å². The lowest BCUT2D eigenvalue weighted by molar-refractivity contribution is -0.0465. The lowest BCUT2D eigenvalue weighted by Gasteiger charge is -2.32. The van der Waals surface area contributed by atoms with Crippen molar-refractivity contribution in [1.82, 2.24) is 5.32 Å². The Morgan fingerprint density at radius 3 is 2.45 bits per heavy atom. The minimum absolute atomic E-state index is 0.00116. The fourth-order valence-corrected chi connectivity index (χ4v) is 1.41. The Hall–Kier alpha value is -0.180. The maximum Gasteiger partial charge on any atom is 0.250 e. The summed E-state index contributed by atoms with van der Waals surface area (Å²) in [6.45, 7) is 4.40. The molecule has 0 aromatic rings. The van der Waals surface area contributed by atoms with Crippen LogP contribution in [0.15, 0.2) is 0 Å². The lowest BCUT2D eigenvalue weighted by Crippen LogP contribution is -2.46. The van der Waals surface area contributed by atoms with E-state index >= 15 is 0 Å². The maximum absolute atomic E-state index is 12.8. The first-order valence-corrected chi connectivity index (χ1v) is 4.12. The van der Waals surface area contributed by atoms with Gasteiger partial charge in [0.2, 0.25) is 0 Å². The maximum atomic E-state index is 12.8. The van der Waals surface area contributed by atoms with E-state index in [0.29, 0.717) is 12.5 Å². The molecule has 1 N–H and O–H groups in total. The smallest absolute Gasteiger partial charge is 0.250 e. The predicted octanol–water partition coefficient (Wildman–Crippen LogP) is 2.03. The molecule has 3 heteroatoms. The van der Waals surface area contributed by atoms with Crippen LogP contribution >= 0.6 is 0 Å². The zero-order valence-electron chi connectivity index (χ0n) is 7.03. The molecule has 1 atom stereocenters. The SMILES string of the molecule is CC(C)[C@H]1CC(F)(F)CCN1. The van der Waals surface area contributed by atoms with E-state index in [-0.39, 0.29) is 18.9 Å². The normalized spacial score (nSPS) is 30.8. The molecule has 1 saturated heterocycles. The minimum atomic E-state index is -2.43. The Bertz CT molecular complexity index is 134. The molecule has 1 fully saturated rings. The van der Waals surface area contributed by atoms with Crippen LogP contribution in [0.4, 0.5) is 8.78 Å². The summed E-state index contributed by atoms with van der Waals surface area (Å²) in [6, 6.07) is -0.00116. The second-order valence-corrected chi connectivity index (χ2v) is 3.61. The van der Waals surface area contributed by atoms with Crippen molar-refractivity contribution < 1.29 is 8.78 Å². The molecular weight excluding hydrogens is 148 g/mol. The number of hydrogen-bond acceptors (Lipinski definition) is 1. The van der Waals surface area contributed by atoms with Gasteiger partial charge in [-0.15, -0.1) is 0 Å². The van der Waals surface area contributed by atoms with E-state index in [1.165, 1.54) is 0 Å². The van der Waals surface area contributed by atoms with E-state index in [1.54, 1.807) is 0 Å². The van der Waals surface area contributed by atoms with Gasteiger partial charge in [-0.1, -0.05) is 13.8 Å². The second kappa shape index (κ2) is 3.05. The van der Waals surface area contributed by atoms with Crippen molar-refractivity contribution in [3.8, 4) is 0 Å². The summed E-state index contributed by atoms with van der Waals surface area (Å²) >= 11 is 0. The quantitative estimate of drug-likeness (QED) is 0.623. The van der Waals surface area contributed by atoms with Crippen LogP contribution < -0.4 is 5.32 Å². The standard InChI is InChI=1S/C8H15F2N/c1-6(2)7-5-8(9,10)3-4-11-7/h6-7,11H,3-5H2,1-2H3/t7-/m1/s1. The highest BCUT2D eigenvalue weighted by molar-refractivity contribution is 4.84. The largest absolute Gasteiger partial charge is 0.313 e. The van der Waals surface area contributed by atoms with E-state index in [0.717, 1.165) is 0 Å². The first-order chi connectivity index (χ1) is 5.01. The van der Waals surface area contributed by atoms with Crippen molar-refractivity contribution in [2.45, 2.75) is 38.7 Å². The van der Waals surface area contributed by atoms with Gasteiger partial charge in [-0.3, -0.25) is 0 Å². The monoisotopic (exact) mass is 163 g/mol. The van der Waals surface area contributed by atoms with Crippen LogP contribution in [-0.2, 0) is 0 Å². The fraction of sp³-hybridized carbons (Fsp3) is 1.00. The van der Waals surface area contributed by atoms with Gasteiger partial charge < -0.3 is 5.32 Å². The summed E-state index contributed by atoms with van der Waals surface area (Å²) in [5, 5.41) is 3.09. The summed E-state index contributed by atoms with van der Waals surface area (Å²) in [5.74, 6) is -2.12. The van der Waals surface area contributed by atoms with E-state index in [1.807, 2.05) is 13.8 Å². The van der Waals surface area contributed by atoms with Crippen molar-refractivity contribution in [3.63, 3.8) is 0 Å². The zero-order chi connectivity index (χ0) is 8.48. The van der Waals surface area contributed by atoms with Crippen molar-refractivity contribution >= 4 is 0 Å². The van der Waals surface area contributed by atoms with Crippen molar-refractivity contribution in [3.05, 3.63) is 0 Å². The zero-order valence-corrected chi connectivity index (χ0v) is 7.03. The number of alkyl halides is 2. The van der Waals surface area contributed by atoms with Crippen molar-refractivity contribution in [2.75, 3.05) is 6.54 Å². The van der Waals surface area contributed by atoms with Gasteiger partial charge in [0.1, 0.15) is 0 Å². The Morgan fingerprint density at radius 1 is 1.45 bits per heavy atom. The molecule has 0 saturated carbocycles. The van der Waals surface area contributed by atoms with Gasteiger partial charge in [0.15, 0.2) is 0 Å². The van der Waals surface area contributed by atoms with Crippen LogP contribution in [0.5, 0.6) is 0 Å². The molecule has 11 heavy (non-hydrogen) atoms. The molecule has 0 bridgehead atoms. The summed E-state index contributed by atoms with van der Waals surface area (Å²) in [6.07, 6.45) is 0.000880. The molecule has 0 radical (unpaired) electrons. The summed E-state index contributed by atoms with van der Waals surface area (Å²) < 4.78 is 25.5. The minimum Gasteiger partial charge on any atom is -0.313 e. The highest BCUT2D eigenvalue weighted by atomic mass is 19.3. The van der Waals surface area contributed by atoms with Crippen molar-refractivity contribution in [2.24, 2.45) is 5.92 Å². The fourth-order valence-electron chi connectivity index (χ4n) is 1.41. The molecule has 0 aliphatic carbocycles. The summed E-state index contributed by atoms with van der Waals surface area (Å²) in [5.41, 5.74) is 0. The Morgan fingerprint density at radius 2 is 2.09 bits per heavy atom. The van der Waals surface area contributed by atoms with Gasteiger partial charge in [-0.25, -0.2) is 8.78 Å². The molecule has 0 spiro atoms. The van der Waals surface area contributed by atoms with Gasteiger partial charge in [-0.2, -0.15) is 0 Å². The van der Waals surface area contributed by atoms with E-state index < -0.39 is 5.92 Å². The Balaban J connectivity index is 2.46. The number of nitrogens with one attached hydrogen (secondary N) is 1. The number of halogens is 2. The van der Waals surface area contributed by atoms with Gasteiger partial charge in [0.05, 0.1) is 0 Å². The van der Waals surface area contributed by atoms with Crippen molar-refractivity contribution in [1.29, 1.82) is 0 Å². The van der Waals surface area contributed by atoms with Gasteiger partial charge in [0, 0.05) is 25.4 Å². The molecule has 1 heterocycles. The molecule has 0 amide bonds. The second-order valence-electron chi connectivity index (χ2n) is 3.61. The molecule has 1 rings (SSSR count). The van der Waals surface area contributed by atoms with Gasteiger partial charge >= 0.3 is 0 Å². The van der Waals surface area contributed by atoms with Crippen LogP contribution in [0, 0.1) is 5.92 Å². The third kappa shape index (κ3) is 2.40. The molecule has 1 aliphatic rings. The number of hydrogen-bond donors (Lipinski definition) is 1. The first kappa shape index (κ1) is 8.91. The average molecular weight is 163 g/mol. The molecule has 0 unspecified atom stereocenters.